The van der Waals surface area contributed by atoms with Crippen LogP contribution in [0.5, 0.6) is 0 Å². The van der Waals surface area contributed by atoms with Crippen molar-refractivity contribution in [1.29, 1.82) is 0 Å². The number of carbonyl (C=O) groups is 2. The number of ether oxygens (including phenoxy) is 2. The molecule has 0 aromatic carbocycles. The van der Waals surface area contributed by atoms with Crippen LogP contribution in [-0.4, -0.2) is 30.7 Å². The first-order valence-corrected chi connectivity index (χ1v) is 5.22. The first-order chi connectivity index (χ1) is 7.17. The van der Waals surface area contributed by atoms with Crippen LogP contribution in [0.1, 0.15) is 34.1 Å². The van der Waals surface area contributed by atoms with Crippen molar-refractivity contribution in [3.05, 3.63) is 0 Å². The average Bonchev–Trinajstić information content (AvgIpc) is 2.13. The van der Waals surface area contributed by atoms with E-state index in [4.69, 9.17) is 10.5 Å². The Morgan fingerprint density at radius 2 is 1.81 bits per heavy atom. The molecule has 0 saturated carbocycles. The van der Waals surface area contributed by atoms with E-state index in [0.29, 0.717) is 0 Å². The monoisotopic (exact) mass is 231 g/mol. The fourth-order valence-electron chi connectivity index (χ4n) is 1.08. The molecule has 2 atom stereocenters. The highest BCUT2D eigenvalue weighted by molar-refractivity contribution is 5.78. The van der Waals surface area contributed by atoms with Crippen LogP contribution in [0.4, 0.5) is 0 Å². The molecule has 94 valence electrons. The lowest BCUT2D eigenvalue weighted by atomic mass is 9.99. The van der Waals surface area contributed by atoms with Crippen molar-refractivity contribution < 1.29 is 19.1 Å². The van der Waals surface area contributed by atoms with Gasteiger partial charge < -0.3 is 15.2 Å². The van der Waals surface area contributed by atoms with E-state index in [2.05, 4.69) is 4.74 Å². The molecule has 0 bridgehead atoms. The molecule has 0 heterocycles. The molecule has 2 N–H and O–H groups in total. The highest BCUT2D eigenvalue weighted by atomic mass is 16.6. The Balaban J connectivity index is 4.27. The summed E-state index contributed by atoms with van der Waals surface area (Å²) >= 11 is 0. The fourth-order valence-corrected chi connectivity index (χ4v) is 1.08. The van der Waals surface area contributed by atoms with Crippen LogP contribution < -0.4 is 5.73 Å². The summed E-state index contributed by atoms with van der Waals surface area (Å²) in [5, 5.41) is 0. The highest BCUT2D eigenvalue weighted by Gasteiger charge is 2.27. The number of hydrogen-bond acceptors (Lipinski definition) is 5. The van der Waals surface area contributed by atoms with Crippen molar-refractivity contribution in [2.75, 3.05) is 7.11 Å². The summed E-state index contributed by atoms with van der Waals surface area (Å²) in [5.74, 6) is -1.18. The van der Waals surface area contributed by atoms with Gasteiger partial charge in [-0.2, -0.15) is 0 Å². The number of esters is 2. The van der Waals surface area contributed by atoms with E-state index in [1.165, 1.54) is 7.11 Å². The van der Waals surface area contributed by atoms with Crippen molar-refractivity contribution in [1.82, 2.24) is 0 Å². The zero-order chi connectivity index (χ0) is 12.9. The molecule has 0 spiro atoms. The normalized spacial score (nSPS) is 15.1. The summed E-state index contributed by atoms with van der Waals surface area (Å²) in [5.41, 5.74) is 5.12. The number of rotatable bonds is 4. The second-order valence-electron chi connectivity index (χ2n) is 4.82. The smallest absolute Gasteiger partial charge is 0.323 e. The van der Waals surface area contributed by atoms with Crippen LogP contribution in [0.2, 0.25) is 0 Å². The van der Waals surface area contributed by atoms with Gasteiger partial charge in [0, 0.05) is 0 Å². The van der Waals surface area contributed by atoms with Gasteiger partial charge in [-0.05, 0) is 26.7 Å². The molecule has 5 heteroatoms. The largest absolute Gasteiger partial charge is 0.469 e. The minimum Gasteiger partial charge on any atom is -0.469 e. The van der Waals surface area contributed by atoms with Crippen LogP contribution in [0.3, 0.4) is 0 Å². The molecule has 0 amide bonds. The molecule has 0 saturated heterocycles. The third kappa shape index (κ3) is 5.70. The van der Waals surface area contributed by atoms with Gasteiger partial charge in [-0.25, -0.2) is 0 Å². The third-order valence-electron chi connectivity index (χ3n) is 2.01. The first kappa shape index (κ1) is 14.9. The highest BCUT2D eigenvalue weighted by Crippen LogP contribution is 2.13. The van der Waals surface area contributed by atoms with Crippen molar-refractivity contribution in [3.8, 4) is 0 Å². The van der Waals surface area contributed by atoms with E-state index in [1.54, 1.807) is 27.7 Å². The van der Waals surface area contributed by atoms with E-state index in [9.17, 15) is 9.59 Å². The Hall–Kier alpha value is -1.10. The van der Waals surface area contributed by atoms with E-state index < -0.39 is 17.6 Å². The molecule has 0 fully saturated rings. The Labute approximate surface area is 96.3 Å². The zero-order valence-corrected chi connectivity index (χ0v) is 10.6. The molecule has 0 aromatic rings. The van der Waals surface area contributed by atoms with E-state index in [1.807, 2.05) is 0 Å². The minimum absolute atomic E-state index is 0.108. The minimum atomic E-state index is -0.807. The van der Waals surface area contributed by atoms with Crippen LogP contribution in [-0.2, 0) is 19.1 Å². The second kappa shape index (κ2) is 5.84. The molecule has 0 rings (SSSR count). The summed E-state index contributed by atoms with van der Waals surface area (Å²) in [6, 6.07) is -0.807. The molecular formula is C11H21NO4. The van der Waals surface area contributed by atoms with Crippen molar-refractivity contribution in [3.63, 3.8) is 0 Å². The number of methoxy groups -OCH3 is 1. The molecular weight excluding hydrogens is 210 g/mol. The van der Waals surface area contributed by atoms with Gasteiger partial charge in [0.05, 0.1) is 13.5 Å². The van der Waals surface area contributed by atoms with Gasteiger partial charge in [-0.1, -0.05) is 6.92 Å². The van der Waals surface area contributed by atoms with Crippen molar-refractivity contribution in [2.24, 2.45) is 11.7 Å². The third-order valence-corrected chi connectivity index (χ3v) is 2.01. The van der Waals surface area contributed by atoms with Gasteiger partial charge in [0.2, 0.25) is 0 Å². The average molecular weight is 231 g/mol. The Kier molecular flexibility index (Phi) is 5.44. The summed E-state index contributed by atoms with van der Waals surface area (Å²) in [7, 11) is 1.30. The standard InChI is InChI=1S/C11H21NO4/c1-7(6-8(13)15-5)9(12)10(14)16-11(2,3)4/h7,9H,6,12H2,1-5H3/t7-,9-/m0/s1. The SMILES string of the molecule is COC(=O)C[C@H](C)[C@H](N)C(=O)OC(C)(C)C. The summed E-state index contributed by atoms with van der Waals surface area (Å²) < 4.78 is 9.62. The van der Waals surface area contributed by atoms with Crippen molar-refractivity contribution in [2.45, 2.75) is 45.8 Å². The summed E-state index contributed by atoms with van der Waals surface area (Å²) in [6.45, 7) is 7.01. The summed E-state index contributed by atoms with van der Waals surface area (Å²) in [6.07, 6.45) is 0.108. The van der Waals surface area contributed by atoms with Gasteiger partial charge in [-0.15, -0.1) is 0 Å². The lowest BCUT2D eigenvalue weighted by Gasteiger charge is -2.24. The lowest BCUT2D eigenvalue weighted by molar-refractivity contribution is -0.158. The molecule has 0 aliphatic carbocycles. The van der Waals surface area contributed by atoms with E-state index in [0.717, 1.165) is 0 Å². The van der Waals surface area contributed by atoms with Crippen LogP contribution in [0.25, 0.3) is 0 Å². The molecule has 16 heavy (non-hydrogen) atoms. The maximum Gasteiger partial charge on any atom is 0.323 e. The maximum atomic E-state index is 11.6. The molecule has 0 unspecified atom stereocenters. The first-order valence-electron chi connectivity index (χ1n) is 5.22. The van der Waals surface area contributed by atoms with Gasteiger partial charge in [0.25, 0.3) is 0 Å². The predicted molar refractivity (Wildman–Crippen MR) is 59.6 cm³/mol. The van der Waals surface area contributed by atoms with Crippen molar-refractivity contribution >= 4 is 11.9 Å². The Bertz CT molecular complexity index is 257. The Morgan fingerprint density at radius 3 is 2.19 bits per heavy atom. The molecule has 0 aliphatic heterocycles. The number of hydrogen-bond donors (Lipinski definition) is 1. The van der Waals surface area contributed by atoms with Gasteiger partial charge in [0.15, 0.2) is 0 Å². The van der Waals surface area contributed by atoms with Crippen LogP contribution >= 0.6 is 0 Å². The second-order valence-corrected chi connectivity index (χ2v) is 4.82. The number of carbonyl (C=O) groups excluding carboxylic acids is 2. The molecule has 5 nitrogen and oxygen atoms in total. The Morgan fingerprint density at radius 1 is 1.31 bits per heavy atom. The molecule has 0 radical (unpaired) electrons. The zero-order valence-electron chi connectivity index (χ0n) is 10.6. The van der Waals surface area contributed by atoms with E-state index >= 15 is 0 Å². The maximum absolute atomic E-state index is 11.6. The van der Waals surface area contributed by atoms with Gasteiger partial charge in [-0.3, -0.25) is 9.59 Å². The quantitative estimate of drug-likeness (QED) is 0.726. The topological polar surface area (TPSA) is 78.6 Å². The van der Waals surface area contributed by atoms with Gasteiger partial charge >= 0.3 is 11.9 Å². The van der Waals surface area contributed by atoms with E-state index in [-0.39, 0.29) is 18.3 Å². The van der Waals surface area contributed by atoms with Crippen LogP contribution in [0.15, 0.2) is 0 Å². The predicted octanol–water partition coefficient (Wildman–Crippen LogP) is 0.855. The summed E-state index contributed by atoms with van der Waals surface area (Å²) in [4.78, 5) is 22.6. The van der Waals surface area contributed by atoms with Gasteiger partial charge in [0.1, 0.15) is 11.6 Å². The fraction of sp³-hybridized carbons (Fsp3) is 0.818. The molecule has 0 aliphatic rings. The lowest BCUT2D eigenvalue weighted by Crippen LogP contribution is -2.42. The van der Waals surface area contributed by atoms with Crippen LogP contribution in [0, 0.1) is 5.92 Å². The number of nitrogens with two attached hydrogens (primary N) is 1. The molecule has 0 aromatic heterocycles.